The standard InChI is InChI=1S/C51H45BN2OS2/c1-31(2)34-27-37(32(3)4)51(38(28-34)33(5)6)52-39-29-35(53-41-15-7-11-19-47(41)56-48-20-12-8-16-42(48)53)23-25-45(39)55-46-26-24-36(30-40(46)52)54-43-17-9-13-21-49(43)57-50-22-14-10-18-44(50)54/h7-33H,1-6H3. The molecule has 3 nitrogen and oxygen atoms in total. The van der Waals surface area contributed by atoms with E-state index >= 15 is 0 Å². The molecule has 0 unspecified atom stereocenters. The lowest BCUT2D eigenvalue weighted by Gasteiger charge is -2.36. The Morgan fingerprint density at radius 1 is 0.439 bits per heavy atom. The SMILES string of the molecule is CC(C)c1cc(C(C)C)c(B2c3cc(N4c5ccccc5Sc5ccccc54)ccc3Oc3ccc(N4c5ccccc5Sc5ccccc54)cc32)c(C(C)C)c1. The molecule has 0 aromatic heterocycles. The monoisotopic (exact) mass is 776 g/mol. The van der Waals surface area contributed by atoms with Gasteiger partial charge >= 0.3 is 0 Å². The fraction of sp³-hybridized carbons (Fsp3) is 0.176. The summed E-state index contributed by atoms with van der Waals surface area (Å²) in [5.74, 6) is 2.91. The zero-order valence-electron chi connectivity index (χ0n) is 33.3. The van der Waals surface area contributed by atoms with E-state index in [-0.39, 0.29) is 6.71 Å². The molecule has 0 saturated heterocycles. The Bertz CT molecular complexity index is 2440. The van der Waals surface area contributed by atoms with Gasteiger partial charge in [0.15, 0.2) is 0 Å². The lowest BCUT2D eigenvalue weighted by molar-refractivity contribution is 0.487. The highest BCUT2D eigenvalue weighted by molar-refractivity contribution is 8.00. The Morgan fingerprint density at radius 2 is 0.807 bits per heavy atom. The van der Waals surface area contributed by atoms with Gasteiger partial charge in [0.25, 0.3) is 6.71 Å². The summed E-state index contributed by atoms with van der Waals surface area (Å²) in [7, 11) is 0. The highest BCUT2D eigenvalue weighted by atomic mass is 32.2. The molecule has 7 aromatic rings. The molecular weight excluding hydrogens is 732 g/mol. The second kappa shape index (κ2) is 14.3. The van der Waals surface area contributed by atoms with Crippen molar-refractivity contribution in [3.63, 3.8) is 0 Å². The first kappa shape index (κ1) is 36.1. The summed E-state index contributed by atoms with van der Waals surface area (Å²) >= 11 is 3.69. The number of rotatable bonds is 6. The summed E-state index contributed by atoms with van der Waals surface area (Å²) in [5, 5.41) is 0. The van der Waals surface area contributed by atoms with Crippen LogP contribution in [0, 0.1) is 0 Å². The predicted molar refractivity (Wildman–Crippen MR) is 244 cm³/mol. The van der Waals surface area contributed by atoms with E-state index in [0.29, 0.717) is 17.8 Å². The van der Waals surface area contributed by atoms with Gasteiger partial charge in [-0.15, -0.1) is 0 Å². The third kappa shape index (κ3) is 6.08. The molecule has 6 heteroatoms. The molecule has 0 fully saturated rings. The van der Waals surface area contributed by atoms with Gasteiger partial charge < -0.3 is 14.5 Å². The van der Waals surface area contributed by atoms with Crippen LogP contribution < -0.4 is 30.9 Å². The fourth-order valence-corrected chi connectivity index (χ4v) is 11.0. The Kier molecular flexibility index (Phi) is 9.03. The van der Waals surface area contributed by atoms with E-state index < -0.39 is 0 Å². The van der Waals surface area contributed by atoms with Gasteiger partial charge in [0.05, 0.1) is 22.7 Å². The molecule has 3 aliphatic heterocycles. The minimum absolute atomic E-state index is 0.0611. The first-order chi connectivity index (χ1) is 27.7. The van der Waals surface area contributed by atoms with Crippen LogP contribution >= 0.6 is 23.5 Å². The maximum absolute atomic E-state index is 7.01. The van der Waals surface area contributed by atoms with Gasteiger partial charge in [-0.1, -0.05) is 131 Å². The van der Waals surface area contributed by atoms with Crippen molar-refractivity contribution >= 4 is 80.7 Å². The molecule has 280 valence electrons. The van der Waals surface area contributed by atoms with Crippen LogP contribution in [0.5, 0.6) is 11.5 Å². The Morgan fingerprint density at radius 3 is 1.16 bits per heavy atom. The summed E-state index contributed by atoms with van der Waals surface area (Å²) in [5.41, 5.74) is 15.1. The van der Waals surface area contributed by atoms with E-state index in [1.807, 2.05) is 23.5 Å². The third-order valence-corrected chi connectivity index (χ3v) is 13.9. The van der Waals surface area contributed by atoms with Crippen LogP contribution in [0.4, 0.5) is 34.1 Å². The molecule has 0 amide bonds. The van der Waals surface area contributed by atoms with E-state index in [1.54, 1.807) is 0 Å². The van der Waals surface area contributed by atoms with Crippen LogP contribution in [0.25, 0.3) is 0 Å². The van der Waals surface area contributed by atoms with E-state index in [9.17, 15) is 0 Å². The van der Waals surface area contributed by atoms with Gasteiger partial charge in [0, 0.05) is 31.0 Å². The van der Waals surface area contributed by atoms with Gasteiger partial charge in [-0.05, 0) is 130 Å². The van der Waals surface area contributed by atoms with Crippen molar-refractivity contribution in [1.82, 2.24) is 0 Å². The van der Waals surface area contributed by atoms with Crippen LogP contribution in [0.2, 0.25) is 0 Å². The zero-order chi connectivity index (χ0) is 38.9. The van der Waals surface area contributed by atoms with Crippen molar-refractivity contribution in [3.05, 3.63) is 162 Å². The molecule has 57 heavy (non-hydrogen) atoms. The molecule has 0 N–H and O–H groups in total. The second-order valence-electron chi connectivity index (χ2n) is 16.3. The van der Waals surface area contributed by atoms with Crippen molar-refractivity contribution in [2.45, 2.75) is 78.9 Å². The largest absolute Gasteiger partial charge is 0.458 e. The summed E-state index contributed by atoms with van der Waals surface area (Å²) < 4.78 is 7.01. The van der Waals surface area contributed by atoms with E-state index in [2.05, 4.69) is 197 Å². The number of anilines is 6. The molecule has 0 spiro atoms. The topological polar surface area (TPSA) is 15.7 Å². The Hall–Kier alpha value is -5.30. The second-order valence-corrected chi connectivity index (χ2v) is 18.5. The average molecular weight is 777 g/mol. The van der Waals surface area contributed by atoms with Crippen molar-refractivity contribution in [3.8, 4) is 11.5 Å². The van der Waals surface area contributed by atoms with Crippen LogP contribution in [-0.2, 0) is 0 Å². The minimum Gasteiger partial charge on any atom is -0.458 e. The molecule has 0 atom stereocenters. The van der Waals surface area contributed by atoms with E-state index in [0.717, 1.165) is 22.9 Å². The Balaban J connectivity index is 1.24. The van der Waals surface area contributed by atoms with Crippen molar-refractivity contribution < 1.29 is 4.74 Å². The maximum atomic E-state index is 7.01. The number of nitrogens with zero attached hydrogens (tertiary/aromatic N) is 2. The smallest absolute Gasteiger partial charge is 0.251 e. The number of hydrogen-bond donors (Lipinski definition) is 0. The summed E-state index contributed by atoms with van der Waals surface area (Å²) in [4.78, 5) is 9.91. The molecule has 0 radical (unpaired) electrons. The number of para-hydroxylation sites is 4. The average Bonchev–Trinajstić information content (AvgIpc) is 3.23. The van der Waals surface area contributed by atoms with Gasteiger partial charge in [-0.25, -0.2) is 0 Å². The van der Waals surface area contributed by atoms with Gasteiger partial charge in [-0.3, -0.25) is 0 Å². The number of ether oxygens (including phenoxy) is 1. The van der Waals surface area contributed by atoms with Gasteiger partial charge in [0.2, 0.25) is 0 Å². The van der Waals surface area contributed by atoms with Gasteiger partial charge in [-0.2, -0.15) is 0 Å². The summed E-state index contributed by atoms with van der Waals surface area (Å²) in [6, 6.07) is 53.9. The van der Waals surface area contributed by atoms with Crippen LogP contribution in [-0.4, -0.2) is 6.71 Å². The maximum Gasteiger partial charge on any atom is 0.251 e. The third-order valence-electron chi connectivity index (χ3n) is 11.7. The molecule has 0 saturated carbocycles. The lowest BCUT2D eigenvalue weighted by atomic mass is 9.33. The molecule has 7 aromatic carbocycles. The molecule has 3 heterocycles. The number of benzene rings is 7. The number of hydrogen-bond acceptors (Lipinski definition) is 5. The van der Waals surface area contributed by atoms with Gasteiger partial charge in [0.1, 0.15) is 11.5 Å². The zero-order valence-corrected chi connectivity index (χ0v) is 34.9. The van der Waals surface area contributed by atoms with Crippen LogP contribution in [0.1, 0.15) is 76.0 Å². The van der Waals surface area contributed by atoms with E-state index in [4.69, 9.17) is 4.74 Å². The van der Waals surface area contributed by atoms with Crippen LogP contribution in [0.15, 0.2) is 165 Å². The van der Waals surface area contributed by atoms with Crippen LogP contribution in [0.3, 0.4) is 0 Å². The van der Waals surface area contributed by atoms with Crippen molar-refractivity contribution in [1.29, 1.82) is 0 Å². The summed E-state index contributed by atoms with van der Waals surface area (Å²) in [6.07, 6.45) is 0. The minimum atomic E-state index is -0.0611. The molecular formula is C51H45BN2OS2. The first-order valence-electron chi connectivity index (χ1n) is 20.2. The lowest BCUT2D eigenvalue weighted by Crippen LogP contribution is -2.57. The highest BCUT2D eigenvalue weighted by Crippen LogP contribution is 2.53. The quantitative estimate of drug-likeness (QED) is 0.156. The highest BCUT2D eigenvalue weighted by Gasteiger charge is 2.39. The molecule has 3 aliphatic rings. The van der Waals surface area contributed by atoms with E-state index in [1.165, 1.54) is 75.4 Å². The molecule has 0 aliphatic carbocycles. The Labute approximate surface area is 346 Å². The first-order valence-corrected chi connectivity index (χ1v) is 21.8. The normalized spacial score (nSPS) is 13.8. The molecule has 0 bridgehead atoms. The summed E-state index contributed by atoms with van der Waals surface area (Å²) in [6.45, 7) is 14.0. The van der Waals surface area contributed by atoms with Crippen molar-refractivity contribution in [2.24, 2.45) is 0 Å². The predicted octanol–water partition coefficient (Wildman–Crippen LogP) is 13.5. The molecule has 10 rings (SSSR count). The number of fused-ring (bicyclic) bond motifs is 6. The fourth-order valence-electron chi connectivity index (χ4n) is 8.89. The van der Waals surface area contributed by atoms with Crippen molar-refractivity contribution in [2.75, 3.05) is 9.80 Å².